The van der Waals surface area contributed by atoms with Gasteiger partial charge in [0.15, 0.2) is 0 Å². The molecule has 0 bridgehead atoms. The first kappa shape index (κ1) is 9.99. The summed E-state index contributed by atoms with van der Waals surface area (Å²) in [6.07, 6.45) is 1.25. The lowest BCUT2D eigenvalue weighted by molar-refractivity contribution is -0.111. The average molecular weight is 240 g/mol. The topological polar surface area (TPSA) is 29.1 Å². The zero-order chi connectivity index (χ0) is 9.68. The van der Waals surface area contributed by atoms with Gasteiger partial charge < -0.3 is 5.32 Å². The monoisotopic (exact) mass is 239 g/mol. The van der Waals surface area contributed by atoms with Gasteiger partial charge in [0, 0.05) is 11.0 Å². The van der Waals surface area contributed by atoms with Crippen LogP contribution in [0.3, 0.4) is 0 Å². The Morgan fingerprint density at radius 3 is 2.85 bits per heavy atom. The number of halogens is 1. The van der Waals surface area contributed by atoms with Crippen molar-refractivity contribution in [3.8, 4) is 0 Å². The number of nitrogens with one attached hydrogen (secondary N) is 1. The van der Waals surface area contributed by atoms with E-state index in [0.717, 1.165) is 16.6 Å². The van der Waals surface area contributed by atoms with Gasteiger partial charge in [-0.15, -0.1) is 0 Å². The van der Waals surface area contributed by atoms with E-state index in [0.29, 0.717) is 0 Å². The number of amides is 1. The van der Waals surface area contributed by atoms with E-state index in [1.54, 1.807) is 0 Å². The Kier molecular flexibility index (Phi) is 3.71. The molecule has 0 aliphatic carbocycles. The standard InChI is InChI=1S/C10H10BrNO/c1-2-10(13)12-9-6-4-3-5-8(9)7-11/h2-6H,1,7H2,(H,12,13). The minimum absolute atomic E-state index is 0.187. The van der Waals surface area contributed by atoms with Crippen LogP contribution < -0.4 is 5.32 Å². The number of para-hydroxylation sites is 1. The predicted molar refractivity (Wildman–Crippen MR) is 57.9 cm³/mol. The van der Waals surface area contributed by atoms with Gasteiger partial charge in [-0.2, -0.15) is 0 Å². The SMILES string of the molecule is C=CC(=O)Nc1ccccc1CBr. The van der Waals surface area contributed by atoms with Crippen LogP contribution in [0, 0.1) is 0 Å². The van der Waals surface area contributed by atoms with Gasteiger partial charge in [-0.1, -0.05) is 40.7 Å². The van der Waals surface area contributed by atoms with E-state index >= 15 is 0 Å². The number of anilines is 1. The molecule has 1 N–H and O–H groups in total. The third kappa shape index (κ3) is 2.70. The van der Waals surface area contributed by atoms with E-state index in [2.05, 4.69) is 27.8 Å². The maximum atomic E-state index is 11.0. The lowest BCUT2D eigenvalue weighted by atomic mass is 10.2. The van der Waals surface area contributed by atoms with Crippen molar-refractivity contribution >= 4 is 27.5 Å². The Bertz CT molecular complexity index is 322. The Morgan fingerprint density at radius 1 is 1.54 bits per heavy atom. The fourth-order valence-corrected chi connectivity index (χ4v) is 1.43. The Balaban J connectivity index is 2.86. The highest BCUT2D eigenvalue weighted by molar-refractivity contribution is 9.08. The summed E-state index contributed by atoms with van der Waals surface area (Å²) in [6.45, 7) is 3.39. The summed E-state index contributed by atoms with van der Waals surface area (Å²) in [4.78, 5) is 11.0. The van der Waals surface area contributed by atoms with Crippen molar-refractivity contribution in [2.24, 2.45) is 0 Å². The summed E-state index contributed by atoms with van der Waals surface area (Å²) in [5, 5.41) is 3.45. The lowest BCUT2D eigenvalue weighted by Crippen LogP contribution is -2.08. The minimum atomic E-state index is -0.187. The summed E-state index contributed by atoms with van der Waals surface area (Å²) in [7, 11) is 0. The van der Waals surface area contributed by atoms with Crippen LogP contribution in [0.1, 0.15) is 5.56 Å². The molecule has 3 heteroatoms. The Hall–Kier alpha value is -1.09. The molecule has 0 saturated heterocycles. The molecule has 1 aromatic carbocycles. The number of carbonyl (C=O) groups is 1. The lowest BCUT2D eigenvalue weighted by Gasteiger charge is -2.06. The number of hydrogen-bond donors (Lipinski definition) is 1. The number of alkyl halides is 1. The molecule has 0 radical (unpaired) electrons. The van der Waals surface area contributed by atoms with E-state index in [1.807, 2.05) is 24.3 Å². The average Bonchev–Trinajstić information content (AvgIpc) is 2.18. The number of benzene rings is 1. The summed E-state index contributed by atoms with van der Waals surface area (Å²) in [5.74, 6) is -0.187. The van der Waals surface area contributed by atoms with E-state index in [1.165, 1.54) is 6.08 Å². The molecule has 1 amide bonds. The van der Waals surface area contributed by atoms with Gasteiger partial charge in [-0.05, 0) is 17.7 Å². The predicted octanol–water partition coefficient (Wildman–Crippen LogP) is 2.71. The highest BCUT2D eigenvalue weighted by atomic mass is 79.9. The summed E-state index contributed by atoms with van der Waals surface area (Å²) < 4.78 is 0. The van der Waals surface area contributed by atoms with Gasteiger partial charge in [0.25, 0.3) is 0 Å². The fraction of sp³-hybridized carbons (Fsp3) is 0.100. The fourth-order valence-electron chi connectivity index (χ4n) is 0.943. The largest absolute Gasteiger partial charge is 0.322 e. The summed E-state index contributed by atoms with van der Waals surface area (Å²) >= 11 is 3.34. The van der Waals surface area contributed by atoms with Gasteiger partial charge in [-0.3, -0.25) is 4.79 Å². The molecule has 0 spiro atoms. The maximum absolute atomic E-state index is 11.0. The van der Waals surface area contributed by atoms with Crippen molar-refractivity contribution in [1.29, 1.82) is 0 Å². The zero-order valence-electron chi connectivity index (χ0n) is 7.09. The highest BCUT2D eigenvalue weighted by Crippen LogP contribution is 2.17. The number of hydrogen-bond acceptors (Lipinski definition) is 1. The van der Waals surface area contributed by atoms with E-state index in [-0.39, 0.29) is 5.91 Å². The molecule has 0 heterocycles. The van der Waals surface area contributed by atoms with Gasteiger partial charge in [0.2, 0.25) is 5.91 Å². The molecule has 0 aromatic heterocycles. The van der Waals surface area contributed by atoms with E-state index < -0.39 is 0 Å². The molecule has 0 saturated carbocycles. The maximum Gasteiger partial charge on any atom is 0.247 e. The second kappa shape index (κ2) is 4.82. The van der Waals surface area contributed by atoms with Crippen LogP contribution in [0.25, 0.3) is 0 Å². The van der Waals surface area contributed by atoms with Crippen LogP contribution in [-0.2, 0) is 10.1 Å². The van der Waals surface area contributed by atoms with E-state index in [4.69, 9.17) is 0 Å². The molecule has 0 fully saturated rings. The molecule has 1 aromatic rings. The molecule has 68 valence electrons. The second-order valence-corrected chi connectivity index (χ2v) is 3.04. The van der Waals surface area contributed by atoms with Crippen LogP contribution in [0.4, 0.5) is 5.69 Å². The molecular formula is C10H10BrNO. The van der Waals surface area contributed by atoms with Gasteiger partial charge >= 0.3 is 0 Å². The molecule has 0 aliphatic rings. The summed E-state index contributed by atoms with van der Waals surface area (Å²) in [5.41, 5.74) is 1.88. The van der Waals surface area contributed by atoms with Gasteiger partial charge in [0.1, 0.15) is 0 Å². The van der Waals surface area contributed by atoms with Crippen molar-refractivity contribution in [2.45, 2.75) is 5.33 Å². The van der Waals surface area contributed by atoms with Crippen LogP contribution in [0.2, 0.25) is 0 Å². The first-order valence-corrected chi connectivity index (χ1v) is 4.97. The molecule has 1 rings (SSSR count). The molecular weight excluding hydrogens is 230 g/mol. The number of carbonyl (C=O) groups excluding carboxylic acids is 1. The van der Waals surface area contributed by atoms with Crippen LogP contribution in [0.5, 0.6) is 0 Å². The first-order valence-electron chi connectivity index (χ1n) is 3.85. The van der Waals surface area contributed by atoms with Crippen LogP contribution >= 0.6 is 15.9 Å². The molecule has 2 nitrogen and oxygen atoms in total. The molecule has 0 unspecified atom stereocenters. The highest BCUT2D eigenvalue weighted by Gasteiger charge is 2.01. The zero-order valence-corrected chi connectivity index (χ0v) is 8.67. The molecule has 0 aliphatic heterocycles. The molecule has 0 atom stereocenters. The van der Waals surface area contributed by atoms with Crippen molar-refractivity contribution in [3.05, 3.63) is 42.5 Å². The van der Waals surface area contributed by atoms with Crippen LogP contribution in [-0.4, -0.2) is 5.91 Å². The van der Waals surface area contributed by atoms with Crippen LogP contribution in [0.15, 0.2) is 36.9 Å². The minimum Gasteiger partial charge on any atom is -0.322 e. The van der Waals surface area contributed by atoms with Crippen molar-refractivity contribution < 1.29 is 4.79 Å². The first-order chi connectivity index (χ1) is 6.27. The summed E-state index contributed by atoms with van der Waals surface area (Å²) in [6, 6.07) is 7.62. The number of rotatable bonds is 3. The normalized spacial score (nSPS) is 9.31. The smallest absolute Gasteiger partial charge is 0.247 e. The third-order valence-corrected chi connectivity index (χ3v) is 2.21. The van der Waals surface area contributed by atoms with Gasteiger partial charge in [0.05, 0.1) is 0 Å². The van der Waals surface area contributed by atoms with Crippen molar-refractivity contribution in [1.82, 2.24) is 0 Å². The van der Waals surface area contributed by atoms with Gasteiger partial charge in [-0.25, -0.2) is 0 Å². The quantitative estimate of drug-likeness (QED) is 0.638. The second-order valence-electron chi connectivity index (χ2n) is 2.48. The Morgan fingerprint density at radius 2 is 2.23 bits per heavy atom. The van der Waals surface area contributed by atoms with E-state index in [9.17, 15) is 4.79 Å². The van der Waals surface area contributed by atoms with Crippen molar-refractivity contribution in [3.63, 3.8) is 0 Å². The Labute approximate surface area is 85.8 Å². The van der Waals surface area contributed by atoms with Crippen molar-refractivity contribution in [2.75, 3.05) is 5.32 Å². The molecule has 13 heavy (non-hydrogen) atoms. The third-order valence-electron chi connectivity index (χ3n) is 1.60.